The highest BCUT2D eigenvalue weighted by Gasteiger charge is 2.30. The Morgan fingerprint density at radius 1 is 1.23 bits per heavy atom. The molecule has 76 valence electrons. The van der Waals surface area contributed by atoms with Crippen molar-refractivity contribution < 1.29 is 4.74 Å². The summed E-state index contributed by atoms with van der Waals surface area (Å²) in [5.41, 5.74) is 0. The summed E-state index contributed by atoms with van der Waals surface area (Å²) in [7, 11) is 2.06. The van der Waals surface area contributed by atoms with Crippen molar-refractivity contribution in [3.8, 4) is 0 Å². The van der Waals surface area contributed by atoms with Crippen molar-refractivity contribution in [1.82, 2.24) is 5.32 Å². The van der Waals surface area contributed by atoms with Crippen molar-refractivity contribution >= 4 is 0 Å². The zero-order valence-electron chi connectivity index (χ0n) is 8.59. The van der Waals surface area contributed by atoms with E-state index in [4.69, 9.17) is 4.74 Å². The van der Waals surface area contributed by atoms with E-state index in [1.807, 2.05) is 0 Å². The minimum Gasteiger partial charge on any atom is -0.377 e. The number of ether oxygens (including phenoxy) is 1. The SMILES string of the molecule is CNC(COC1CCCC1)C1CC1. The molecular formula is C11H21NO. The number of rotatable bonds is 5. The zero-order chi connectivity index (χ0) is 9.10. The molecule has 0 aromatic heterocycles. The first-order chi connectivity index (χ1) is 6.40. The van der Waals surface area contributed by atoms with Crippen molar-refractivity contribution in [2.45, 2.75) is 50.7 Å². The van der Waals surface area contributed by atoms with E-state index in [9.17, 15) is 0 Å². The first-order valence-electron chi connectivity index (χ1n) is 5.69. The normalized spacial score (nSPS) is 26.5. The molecule has 0 aromatic rings. The topological polar surface area (TPSA) is 21.3 Å². The lowest BCUT2D eigenvalue weighted by Crippen LogP contribution is -2.33. The Kier molecular flexibility index (Phi) is 3.23. The van der Waals surface area contributed by atoms with Crippen LogP contribution in [0.2, 0.25) is 0 Å². The molecular weight excluding hydrogens is 162 g/mol. The average molecular weight is 183 g/mol. The van der Waals surface area contributed by atoms with Crippen molar-refractivity contribution in [1.29, 1.82) is 0 Å². The molecule has 2 saturated carbocycles. The van der Waals surface area contributed by atoms with E-state index in [2.05, 4.69) is 12.4 Å². The van der Waals surface area contributed by atoms with Crippen LogP contribution in [0.5, 0.6) is 0 Å². The lowest BCUT2D eigenvalue weighted by atomic mass is 10.2. The van der Waals surface area contributed by atoms with Crippen LogP contribution in [0.3, 0.4) is 0 Å². The smallest absolute Gasteiger partial charge is 0.0625 e. The molecule has 0 saturated heterocycles. The minimum atomic E-state index is 0.578. The maximum atomic E-state index is 5.89. The van der Waals surface area contributed by atoms with Crippen LogP contribution in [0.4, 0.5) is 0 Å². The van der Waals surface area contributed by atoms with Gasteiger partial charge in [0.1, 0.15) is 0 Å². The highest BCUT2D eigenvalue weighted by molar-refractivity contribution is 4.85. The van der Waals surface area contributed by atoms with Gasteiger partial charge in [0.25, 0.3) is 0 Å². The number of likely N-dealkylation sites (N-methyl/N-ethyl adjacent to an activating group) is 1. The van der Waals surface area contributed by atoms with E-state index >= 15 is 0 Å². The molecule has 13 heavy (non-hydrogen) atoms. The highest BCUT2D eigenvalue weighted by atomic mass is 16.5. The minimum absolute atomic E-state index is 0.578. The fourth-order valence-electron chi connectivity index (χ4n) is 2.25. The average Bonchev–Trinajstić information content (AvgIpc) is 2.84. The third-order valence-electron chi connectivity index (χ3n) is 3.38. The molecule has 1 N–H and O–H groups in total. The second kappa shape index (κ2) is 4.43. The summed E-state index contributed by atoms with van der Waals surface area (Å²) in [5, 5.41) is 3.36. The van der Waals surface area contributed by atoms with Gasteiger partial charge >= 0.3 is 0 Å². The summed E-state index contributed by atoms with van der Waals surface area (Å²) in [5.74, 6) is 0.909. The van der Waals surface area contributed by atoms with Gasteiger partial charge in [0.2, 0.25) is 0 Å². The molecule has 1 unspecified atom stereocenters. The van der Waals surface area contributed by atoms with Gasteiger partial charge in [0.15, 0.2) is 0 Å². The van der Waals surface area contributed by atoms with E-state index in [-0.39, 0.29) is 0 Å². The maximum absolute atomic E-state index is 5.89. The number of hydrogen-bond donors (Lipinski definition) is 1. The monoisotopic (exact) mass is 183 g/mol. The Morgan fingerprint density at radius 2 is 1.92 bits per heavy atom. The molecule has 0 aromatic carbocycles. The molecule has 0 radical (unpaired) electrons. The zero-order valence-corrected chi connectivity index (χ0v) is 8.59. The van der Waals surface area contributed by atoms with Gasteiger partial charge in [-0.2, -0.15) is 0 Å². The molecule has 0 aliphatic heterocycles. The number of nitrogens with one attached hydrogen (secondary N) is 1. The molecule has 0 amide bonds. The Balaban J connectivity index is 1.64. The Bertz CT molecular complexity index is 150. The predicted octanol–water partition coefficient (Wildman–Crippen LogP) is 1.94. The molecule has 2 rings (SSSR count). The molecule has 2 aliphatic carbocycles. The molecule has 0 bridgehead atoms. The maximum Gasteiger partial charge on any atom is 0.0625 e. The fourth-order valence-corrected chi connectivity index (χ4v) is 2.25. The van der Waals surface area contributed by atoms with Crippen LogP contribution in [0, 0.1) is 5.92 Å². The van der Waals surface area contributed by atoms with E-state index in [0.29, 0.717) is 12.1 Å². The van der Waals surface area contributed by atoms with E-state index in [1.54, 1.807) is 0 Å². The standard InChI is InChI=1S/C11H21NO/c1-12-11(9-6-7-9)8-13-10-4-2-3-5-10/h9-12H,2-8H2,1H3. The molecule has 2 heteroatoms. The van der Waals surface area contributed by atoms with Gasteiger partial charge < -0.3 is 10.1 Å². The van der Waals surface area contributed by atoms with Crippen LogP contribution in [-0.2, 0) is 4.74 Å². The third kappa shape index (κ3) is 2.68. The van der Waals surface area contributed by atoms with Crippen LogP contribution in [0.25, 0.3) is 0 Å². The highest BCUT2D eigenvalue weighted by Crippen LogP contribution is 2.33. The second-order valence-electron chi connectivity index (χ2n) is 4.47. The lowest BCUT2D eigenvalue weighted by molar-refractivity contribution is 0.0404. The third-order valence-corrected chi connectivity index (χ3v) is 3.38. The first kappa shape index (κ1) is 9.47. The van der Waals surface area contributed by atoms with E-state index < -0.39 is 0 Å². The predicted molar refractivity (Wildman–Crippen MR) is 53.8 cm³/mol. The molecule has 2 aliphatic rings. The fraction of sp³-hybridized carbons (Fsp3) is 1.00. The summed E-state index contributed by atoms with van der Waals surface area (Å²) in [6.07, 6.45) is 8.72. The van der Waals surface area contributed by atoms with Gasteiger partial charge in [0.05, 0.1) is 12.7 Å². The summed E-state index contributed by atoms with van der Waals surface area (Å²) in [6, 6.07) is 0.626. The van der Waals surface area contributed by atoms with Gasteiger partial charge in [-0.25, -0.2) is 0 Å². The molecule has 0 heterocycles. The summed E-state index contributed by atoms with van der Waals surface area (Å²) < 4.78 is 5.89. The largest absolute Gasteiger partial charge is 0.377 e. The van der Waals surface area contributed by atoms with Crippen molar-refractivity contribution in [3.05, 3.63) is 0 Å². The van der Waals surface area contributed by atoms with E-state index in [1.165, 1.54) is 38.5 Å². The van der Waals surface area contributed by atoms with Crippen LogP contribution < -0.4 is 5.32 Å². The van der Waals surface area contributed by atoms with Gasteiger partial charge in [-0.3, -0.25) is 0 Å². The van der Waals surface area contributed by atoms with Crippen LogP contribution in [0.15, 0.2) is 0 Å². The van der Waals surface area contributed by atoms with Gasteiger partial charge in [0, 0.05) is 6.04 Å². The molecule has 2 nitrogen and oxygen atoms in total. The Hall–Kier alpha value is -0.0800. The summed E-state index contributed by atoms with van der Waals surface area (Å²) in [6.45, 7) is 0.936. The van der Waals surface area contributed by atoms with Gasteiger partial charge in [-0.15, -0.1) is 0 Å². The molecule has 2 fully saturated rings. The van der Waals surface area contributed by atoms with Gasteiger partial charge in [-0.05, 0) is 38.6 Å². The van der Waals surface area contributed by atoms with Crippen molar-refractivity contribution in [2.24, 2.45) is 5.92 Å². The van der Waals surface area contributed by atoms with Crippen LogP contribution >= 0.6 is 0 Å². The van der Waals surface area contributed by atoms with Crippen molar-refractivity contribution in [2.75, 3.05) is 13.7 Å². The quantitative estimate of drug-likeness (QED) is 0.703. The van der Waals surface area contributed by atoms with Gasteiger partial charge in [-0.1, -0.05) is 12.8 Å². The first-order valence-corrected chi connectivity index (χ1v) is 5.69. The Morgan fingerprint density at radius 3 is 2.46 bits per heavy atom. The van der Waals surface area contributed by atoms with Crippen molar-refractivity contribution in [3.63, 3.8) is 0 Å². The summed E-state index contributed by atoms with van der Waals surface area (Å²) in [4.78, 5) is 0. The number of hydrogen-bond acceptors (Lipinski definition) is 2. The van der Waals surface area contributed by atoms with Crippen LogP contribution in [0.1, 0.15) is 38.5 Å². The Labute approximate surface area is 81.0 Å². The second-order valence-corrected chi connectivity index (χ2v) is 4.47. The molecule has 1 atom stereocenters. The van der Waals surface area contributed by atoms with E-state index in [0.717, 1.165) is 12.5 Å². The van der Waals surface area contributed by atoms with Crippen LogP contribution in [-0.4, -0.2) is 25.8 Å². The lowest BCUT2D eigenvalue weighted by Gasteiger charge is -2.18. The summed E-state index contributed by atoms with van der Waals surface area (Å²) >= 11 is 0. The molecule has 0 spiro atoms.